The molecule has 100 valence electrons. The molecule has 0 atom stereocenters. The second-order valence-electron chi connectivity index (χ2n) is 4.32. The van der Waals surface area contributed by atoms with Crippen LogP contribution in [0, 0.1) is 6.92 Å². The first-order valence-corrected chi connectivity index (χ1v) is 7.41. The molecule has 0 aliphatic carbocycles. The number of aromatic carboxylic acids is 1. The normalized spacial score (nSPS) is 11.5. The third-order valence-electron chi connectivity index (χ3n) is 2.84. The van der Waals surface area contributed by atoms with Gasteiger partial charge in [-0.05, 0) is 36.8 Å². The van der Waals surface area contributed by atoms with E-state index in [0.717, 1.165) is 6.26 Å². The molecular formula is C13H13NO4S. The van der Waals surface area contributed by atoms with Crippen LogP contribution >= 0.6 is 0 Å². The smallest absolute Gasteiger partial charge is 0.335 e. The van der Waals surface area contributed by atoms with Gasteiger partial charge < -0.3 is 10.1 Å². The number of sulfone groups is 1. The SMILES string of the molecule is Cc1cc(-c2ccc[nH]2)c(S(C)(=O)=O)cc1C(=O)O. The van der Waals surface area contributed by atoms with Gasteiger partial charge >= 0.3 is 5.97 Å². The number of nitrogens with one attached hydrogen (secondary N) is 1. The molecule has 1 aromatic heterocycles. The van der Waals surface area contributed by atoms with E-state index in [1.54, 1.807) is 31.3 Å². The number of carboxylic acids is 1. The molecule has 0 saturated heterocycles. The minimum Gasteiger partial charge on any atom is -0.478 e. The highest BCUT2D eigenvalue weighted by Crippen LogP contribution is 2.29. The molecule has 0 aliphatic heterocycles. The maximum absolute atomic E-state index is 11.8. The Morgan fingerprint density at radius 2 is 2.00 bits per heavy atom. The monoisotopic (exact) mass is 279 g/mol. The largest absolute Gasteiger partial charge is 0.478 e. The zero-order chi connectivity index (χ0) is 14.2. The Morgan fingerprint density at radius 1 is 1.32 bits per heavy atom. The lowest BCUT2D eigenvalue weighted by atomic mass is 10.0. The van der Waals surface area contributed by atoms with Crippen LogP contribution in [0.2, 0.25) is 0 Å². The van der Waals surface area contributed by atoms with E-state index in [2.05, 4.69) is 4.98 Å². The van der Waals surface area contributed by atoms with E-state index in [1.807, 2.05) is 0 Å². The highest BCUT2D eigenvalue weighted by Gasteiger charge is 2.20. The number of carboxylic acid groups (broad SMARTS) is 1. The first-order valence-electron chi connectivity index (χ1n) is 5.52. The molecule has 0 radical (unpaired) electrons. The molecule has 0 spiro atoms. The fraction of sp³-hybridized carbons (Fsp3) is 0.154. The minimum absolute atomic E-state index is 0.00395. The molecule has 0 saturated carbocycles. The van der Waals surface area contributed by atoms with Crippen LogP contribution in [0.1, 0.15) is 15.9 Å². The van der Waals surface area contributed by atoms with Crippen molar-refractivity contribution in [2.24, 2.45) is 0 Å². The number of hydrogen-bond acceptors (Lipinski definition) is 3. The van der Waals surface area contributed by atoms with Crippen LogP contribution in [0.25, 0.3) is 11.3 Å². The fourth-order valence-corrected chi connectivity index (χ4v) is 2.83. The van der Waals surface area contributed by atoms with Crippen LogP contribution in [0.4, 0.5) is 0 Å². The summed E-state index contributed by atoms with van der Waals surface area (Å²) in [6.07, 6.45) is 2.75. The zero-order valence-electron chi connectivity index (χ0n) is 10.5. The Morgan fingerprint density at radius 3 is 2.47 bits per heavy atom. The summed E-state index contributed by atoms with van der Waals surface area (Å²) in [4.78, 5) is 14.0. The summed E-state index contributed by atoms with van der Waals surface area (Å²) in [7, 11) is -3.52. The van der Waals surface area contributed by atoms with E-state index in [9.17, 15) is 13.2 Å². The summed E-state index contributed by atoms with van der Waals surface area (Å²) in [6, 6.07) is 6.28. The lowest BCUT2D eigenvalue weighted by Crippen LogP contribution is -2.06. The molecule has 1 aromatic carbocycles. The number of hydrogen-bond donors (Lipinski definition) is 2. The Bertz CT molecular complexity index is 730. The van der Waals surface area contributed by atoms with Crippen molar-refractivity contribution in [3.8, 4) is 11.3 Å². The first-order chi connectivity index (χ1) is 8.80. The zero-order valence-corrected chi connectivity index (χ0v) is 11.3. The van der Waals surface area contributed by atoms with E-state index in [0.29, 0.717) is 16.8 Å². The van der Waals surface area contributed by atoms with Gasteiger partial charge in [-0.25, -0.2) is 13.2 Å². The Balaban J connectivity index is 2.81. The molecule has 0 unspecified atom stereocenters. The van der Waals surface area contributed by atoms with Crippen LogP contribution in [0.15, 0.2) is 35.4 Å². The maximum atomic E-state index is 11.8. The van der Waals surface area contributed by atoms with Gasteiger partial charge in [0.25, 0.3) is 0 Å². The van der Waals surface area contributed by atoms with Crippen LogP contribution in [-0.4, -0.2) is 30.7 Å². The standard InChI is InChI=1S/C13H13NO4S/c1-8-6-10(11-4-3-5-14-11)12(19(2,17)18)7-9(8)13(15)16/h3-7,14H,1-2H3,(H,15,16). The van der Waals surface area contributed by atoms with Gasteiger partial charge in [0.2, 0.25) is 0 Å². The number of benzene rings is 1. The lowest BCUT2D eigenvalue weighted by molar-refractivity contribution is 0.0696. The Labute approximate surface area is 110 Å². The predicted molar refractivity (Wildman–Crippen MR) is 71.0 cm³/mol. The summed E-state index contributed by atoms with van der Waals surface area (Å²) in [5, 5.41) is 9.07. The van der Waals surface area contributed by atoms with Crippen molar-refractivity contribution >= 4 is 15.8 Å². The van der Waals surface area contributed by atoms with Gasteiger partial charge in [0.15, 0.2) is 9.84 Å². The quantitative estimate of drug-likeness (QED) is 0.900. The van der Waals surface area contributed by atoms with Crippen molar-refractivity contribution in [2.45, 2.75) is 11.8 Å². The predicted octanol–water partition coefficient (Wildman–Crippen LogP) is 2.09. The third-order valence-corrected chi connectivity index (χ3v) is 3.98. The number of aromatic amines is 1. The van der Waals surface area contributed by atoms with Crippen molar-refractivity contribution in [2.75, 3.05) is 6.26 Å². The van der Waals surface area contributed by atoms with E-state index >= 15 is 0 Å². The molecule has 5 nitrogen and oxygen atoms in total. The molecule has 2 aromatic rings. The number of H-pyrrole nitrogens is 1. The van der Waals surface area contributed by atoms with Gasteiger partial charge in [-0.1, -0.05) is 0 Å². The van der Waals surface area contributed by atoms with Gasteiger partial charge in [0.05, 0.1) is 10.5 Å². The summed E-state index contributed by atoms with van der Waals surface area (Å²) >= 11 is 0. The second kappa shape index (κ2) is 4.55. The Hall–Kier alpha value is -2.08. The van der Waals surface area contributed by atoms with Gasteiger partial charge in [-0.2, -0.15) is 0 Å². The number of rotatable bonds is 3. The molecule has 2 N–H and O–H groups in total. The fourth-order valence-electron chi connectivity index (χ4n) is 1.93. The van der Waals surface area contributed by atoms with E-state index in [4.69, 9.17) is 5.11 Å². The molecule has 0 fully saturated rings. The van der Waals surface area contributed by atoms with Crippen LogP contribution < -0.4 is 0 Å². The van der Waals surface area contributed by atoms with Gasteiger partial charge in [0.1, 0.15) is 0 Å². The number of carbonyl (C=O) groups is 1. The van der Waals surface area contributed by atoms with Crippen molar-refractivity contribution in [1.82, 2.24) is 4.98 Å². The molecule has 19 heavy (non-hydrogen) atoms. The average Bonchev–Trinajstić information content (AvgIpc) is 2.79. The molecular weight excluding hydrogens is 266 g/mol. The topological polar surface area (TPSA) is 87.2 Å². The molecule has 0 aliphatic rings. The summed E-state index contributed by atoms with van der Waals surface area (Å²) in [5.74, 6) is -1.14. The highest BCUT2D eigenvalue weighted by molar-refractivity contribution is 7.90. The summed E-state index contributed by atoms with van der Waals surface area (Å²) < 4.78 is 23.7. The molecule has 0 amide bonds. The van der Waals surface area contributed by atoms with Crippen LogP contribution in [0.3, 0.4) is 0 Å². The van der Waals surface area contributed by atoms with Crippen molar-refractivity contribution < 1.29 is 18.3 Å². The second-order valence-corrected chi connectivity index (χ2v) is 6.31. The summed E-state index contributed by atoms with van der Waals surface area (Å²) in [5.41, 5.74) is 1.63. The highest BCUT2D eigenvalue weighted by atomic mass is 32.2. The van der Waals surface area contributed by atoms with Crippen LogP contribution in [0.5, 0.6) is 0 Å². The Kier molecular flexibility index (Phi) is 3.20. The average molecular weight is 279 g/mol. The van der Waals surface area contributed by atoms with Gasteiger partial charge in [-0.15, -0.1) is 0 Å². The number of aryl methyl sites for hydroxylation is 1. The molecule has 1 heterocycles. The van der Waals surface area contributed by atoms with E-state index < -0.39 is 15.8 Å². The summed E-state index contributed by atoms with van der Waals surface area (Å²) in [6.45, 7) is 1.64. The molecule has 6 heteroatoms. The molecule has 2 rings (SSSR count). The van der Waals surface area contributed by atoms with Gasteiger partial charge in [0, 0.05) is 23.7 Å². The third kappa shape index (κ3) is 2.53. The van der Waals surface area contributed by atoms with E-state index in [-0.39, 0.29) is 10.5 Å². The maximum Gasteiger partial charge on any atom is 0.335 e. The first kappa shape index (κ1) is 13.4. The number of aromatic nitrogens is 1. The van der Waals surface area contributed by atoms with Crippen molar-refractivity contribution in [3.05, 3.63) is 41.6 Å². The van der Waals surface area contributed by atoms with Crippen molar-refractivity contribution in [1.29, 1.82) is 0 Å². The van der Waals surface area contributed by atoms with Gasteiger partial charge in [-0.3, -0.25) is 0 Å². The van der Waals surface area contributed by atoms with Crippen LogP contribution in [-0.2, 0) is 9.84 Å². The minimum atomic E-state index is -3.52. The molecule has 0 bridgehead atoms. The lowest BCUT2D eigenvalue weighted by Gasteiger charge is -2.10. The van der Waals surface area contributed by atoms with E-state index in [1.165, 1.54) is 6.07 Å². The van der Waals surface area contributed by atoms with Crippen molar-refractivity contribution in [3.63, 3.8) is 0 Å².